The first kappa shape index (κ1) is 21.8. The molecule has 1 heterocycles. The van der Waals surface area contributed by atoms with Gasteiger partial charge in [0.1, 0.15) is 5.75 Å². The molecule has 0 aliphatic carbocycles. The lowest BCUT2D eigenvalue weighted by molar-refractivity contribution is 0.0990. The number of phenols is 1. The maximum atomic E-state index is 13.1. The average Bonchev–Trinajstić information content (AvgIpc) is 3.05. The van der Waals surface area contributed by atoms with E-state index in [2.05, 4.69) is 28.8 Å². The lowest BCUT2D eigenvalue weighted by Crippen LogP contribution is -2.26. The highest BCUT2D eigenvalue weighted by Crippen LogP contribution is 2.29. The molecule has 0 unspecified atom stereocenters. The van der Waals surface area contributed by atoms with E-state index in [0.29, 0.717) is 17.1 Å². The molecule has 0 radical (unpaired) electrons. The molecule has 0 fully saturated rings. The summed E-state index contributed by atoms with van der Waals surface area (Å²) < 4.78 is 24.9. The zero-order valence-corrected chi connectivity index (χ0v) is 18.2. The maximum Gasteiger partial charge on any atom is 0.261 e. The second kappa shape index (κ2) is 8.45. The Labute approximate surface area is 176 Å². The van der Waals surface area contributed by atoms with Crippen molar-refractivity contribution in [3.8, 4) is 5.75 Å². The third-order valence-corrected chi connectivity index (χ3v) is 5.43. The molecule has 9 heteroatoms. The lowest BCUT2D eigenvalue weighted by Gasteiger charge is -2.18. The number of aromatic amines is 1. The van der Waals surface area contributed by atoms with Crippen molar-refractivity contribution < 1.29 is 18.3 Å². The molecular formula is C21H26N4O4S. The van der Waals surface area contributed by atoms with E-state index in [0.717, 1.165) is 29.3 Å². The van der Waals surface area contributed by atoms with Gasteiger partial charge in [-0.1, -0.05) is 26.0 Å². The number of hydrogen-bond acceptors (Lipinski definition) is 5. The van der Waals surface area contributed by atoms with E-state index >= 15 is 0 Å². The molecule has 160 valence electrons. The van der Waals surface area contributed by atoms with Gasteiger partial charge in [0.25, 0.3) is 5.91 Å². The van der Waals surface area contributed by atoms with Gasteiger partial charge in [0.05, 0.1) is 23.0 Å². The van der Waals surface area contributed by atoms with Crippen molar-refractivity contribution >= 4 is 32.5 Å². The minimum atomic E-state index is -3.28. The minimum absolute atomic E-state index is 0.118. The van der Waals surface area contributed by atoms with Gasteiger partial charge in [-0.05, 0) is 36.1 Å². The summed E-state index contributed by atoms with van der Waals surface area (Å²) in [5.74, 6) is -0.0657. The van der Waals surface area contributed by atoms with Crippen molar-refractivity contribution in [1.29, 1.82) is 0 Å². The SMILES string of the molecule is CC(C)Cc1n[nH]c2cc(O)c(C(=O)N(C)c3ccc(CNS(C)(=O)=O)cc3)cc12. The number of fused-ring (bicyclic) bond motifs is 1. The fraction of sp³-hybridized carbons (Fsp3) is 0.333. The monoisotopic (exact) mass is 430 g/mol. The summed E-state index contributed by atoms with van der Waals surface area (Å²) in [6.07, 6.45) is 1.86. The van der Waals surface area contributed by atoms with Crippen LogP contribution in [0.2, 0.25) is 0 Å². The number of anilines is 1. The van der Waals surface area contributed by atoms with E-state index in [1.807, 2.05) is 0 Å². The number of aromatic hydroxyl groups is 1. The summed E-state index contributed by atoms with van der Waals surface area (Å²) in [6, 6.07) is 10.2. The van der Waals surface area contributed by atoms with Gasteiger partial charge in [-0.2, -0.15) is 5.10 Å². The zero-order chi connectivity index (χ0) is 22.1. The summed E-state index contributed by atoms with van der Waals surface area (Å²) in [4.78, 5) is 14.5. The van der Waals surface area contributed by atoms with E-state index in [-0.39, 0.29) is 23.8 Å². The van der Waals surface area contributed by atoms with E-state index in [4.69, 9.17) is 0 Å². The topological polar surface area (TPSA) is 115 Å². The lowest BCUT2D eigenvalue weighted by atomic mass is 10.0. The number of sulfonamides is 1. The molecule has 3 N–H and O–H groups in total. The standard InChI is InChI=1S/C21H26N4O4S/c1-13(2)9-18-16-10-17(20(26)11-19(16)24-23-18)21(27)25(3)15-7-5-14(6-8-15)12-22-30(4,28)29/h5-8,10-11,13,22,26H,9,12H2,1-4H3,(H,23,24). The first-order valence-corrected chi connectivity index (χ1v) is 11.5. The summed E-state index contributed by atoms with van der Waals surface area (Å²) in [5, 5.41) is 18.4. The molecule has 1 amide bonds. The van der Waals surface area contributed by atoms with Crippen molar-refractivity contribution in [2.75, 3.05) is 18.2 Å². The molecule has 30 heavy (non-hydrogen) atoms. The normalized spacial score (nSPS) is 11.9. The van der Waals surface area contributed by atoms with E-state index in [1.54, 1.807) is 37.4 Å². The number of amides is 1. The first-order chi connectivity index (χ1) is 14.0. The largest absolute Gasteiger partial charge is 0.507 e. The molecule has 0 saturated heterocycles. The molecule has 3 rings (SSSR count). The van der Waals surface area contributed by atoms with Gasteiger partial charge in [-0.3, -0.25) is 9.89 Å². The van der Waals surface area contributed by atoms with Gasteiger partial charge in [0.15, 0.2) is 0 Å². The average molecular weight is 431 g/mol. The Morgan fingerprint density at radius 3 is 2.50 bits per heavy atom. The van der Waals surface area contributed by atoms with Gasteiger partial charge >= 0.3 is 0 Å². The van der Waals surface area contributed by atoms with Crippen molar-refractivity contribution in [2.45, 2.75) is 26.8 Å². The highest BCUT2D eigenvalue weighted by Gasteiger charge is 2.20. The Morgan fingerprint density at radius 1 is 1.23 bits per heavy atom. The van der Waals surface area contributed by atoms with Crippen LogP contribution in [0.1, 0.15) is 35.5 Å². The van der Waals surface area contributed by atoms with Crippen molar-refractivity contribution in [1.82, 2.24) is 14.9 Å². The van der Waals surface area contributed by atoms with Gasteiger partial charge < -0.3 is 10.0 Å². The van der Waals surface area contributed by atoms with E-state index in [1.165, 1.54) is 11.0 Å². The number of rotatable bonds is 7. The Hall–Kier alpha value is -2.91. The Balaban J connectivity index is 1.84. The van der Waals surface area contributed by atoms with Crippen LogP contribution in [0.4, 0.5) is 5.69 Å². The third kappa shape index (κ3) is 4.98. The second-order valence-electron chi connectivity index (χ2n) is 7.81. The number of phenolic OH excluding ortho intramolecular Hbond substituents is 1. The number of H-pyrrole nitrogens is 1. The molecular weight excluding hydrogens is 404 g/mol. The summed E-state index contributed by atoms with van der Waals surface area (Å²) in [7, 11) is -1.65. The van der Waals surface area contributed by atoms with Crippen LogP contribution >= 0.6 is 0 Å². The fourth-order valence-corrected chi connectivity index (χ4v) is 3.60. The van der Waals surface area contributed by atoms with Crippen molar-refractivity contribution in [2.24, 2.45) is 5.92 Å². The number of benzene rings is 2. The molecule has 2 aromatic carbocycles. The van der Waals surface area contributed by atoms with Crippen LogP contribution < -0.4 is 9.62 Å². The van der Waals surface area contributed by atoms with Crippen LogP contribution in [0.3, 0.4) is 0 Å². The molecule has 8 nitrogen and oxygen atoms in total. The van der Waals surface area contributed by atoms with Crippen LogP contribution in [0.15, 0.2) is 36.4 Å². The number of aromatic nitrogens is 2. The molecule has 0 aliphatic rings. The molecule has 0 atom stereocenters. The fourth-order valence-electron chi connectivity index (χ4n) is 3.17. The zero-order valence-electron chi connectivity index (χ0n) is 17.4. The summed E-state index contributed by atoms with van der Waals surface area (Å²) in [5.41, 5.74) is 3.13. The first-order valence-electron chi connectivity index (χ1n) is 9.56. The summed E-state index contributed by atoms with van der Waals surface area (Å²) >= 11 is 0. The Kier molecular flexibility index (Phi) is 6.14. The smallest absolute Gasteiger partial charge is 0.261 e. The quantitative estimate of drug-likeness (QED) is 0.533. The highest BCUT2D eigenvalue weighted by atomic mass is 32.2. The van der Waals surface area contributed by atoms with Crippen LogP contribution in [-0.2, 0) is 23.0 Å². The van der Waals surface area contributed by atoms with Gasteiger partial charge in [-0.25, -0.2) is 13.1 Å². The second-order valence-corrected chi connectivity index (χ2v) is 9.64. The minimum Gasteiger partial charge on any atom is -0.507 e. The van der Waals surface area contributed by atoms with Gasteiger partial charge in [0.2, 0.25) is 10.0 Å². The molecule has 0 bridgehead atoms. The molecule has 0 saturated carbocycles. The molecule has 0 spiro atoms. The predicted molar refractivity (Wildman–Crippen MR) is 117 cm³/mol. The van der Waals surface area contributed by atoms with Crippen LogP contribution in [0, 0.1) is 5.92 Å². The molecule has 3 aromatic rings. The van der Waals surface area contributed by atoms with Crippen LogP contribution in [0.25, 0.3) is 10.9 Å². The third-order valence-electron chi connectivity index (χ3n) is 4.76. The van der Waals surface area contributed by atoms with Crippen LogP contribution in [-0.4, -0.2) is 42.9 Å². The molecule has 1 aromatic heterocycles. The van der Waals surface area contributed by atoms with Crippen molar-refractivity contribution in [3.05, 3.63) is 53.2 Å². The number of nitrogens with zero attached hydrogens (tertiary/aromatic N) is 2. The predicted octanol–water partition coefficient (Wildman–Crippen LogP) is 2.79. The number of carbonyl (C=O) groups is 1. The van der Waals surface area contributed by atoms with E-state index < -0.39 is 10.0 Å². The Bertz CT molecular complexity index is 1170. The molecule has 0 aliphatic heterocycles. The number of nitrogens with one attached hydrogen (secondary N) is 2. The van der Waals surface area contributed by atoms with Crippen molar-refractivity contribution in [3.63, 3.8) is 0 Å². The number of hydrogen-bond donors (Lipinski definition) is 3. The van der Waals surface area contributed by atoms with Gasteiger partial charge in [-0.15, -0.1) is 0 Å². The Morgan fingerprint density at radius 2 is 1.90 bits per heavy atom. The summed E-state index contributed by atoms with van der Waals surface area (Å²) in [6.45, 7) is 4.36. The van der Waals surface area contributed by atoms with Crippen LogP contribution in [0.5, 0.6) is 5.75 Å². The maximum absolute atomic E-state index is 13.1. The van der Waals surface area contributed by atoms with E-state index in [9.17, 15) is 18.3 Å². The number of carbonyl (C=O) groups excluding carboxylic acids is 1. The van der Waals surface area contributed by atoms with Gasteiger partial charge in [0, 0.05) is 30.7 Å². The highest BCUT2D eigenvalue weighted by molar-refractivity contribution is 7.88.